The van der Waals surface area contributed by atoms with Gasteiger partial charge in [-0.1, -0.05) is 51.8 Å². The number of ketones is 1. The average Bonchev–Trinajstić information content (AvgIpc) is 2.42. The van der Waals surface area contributed by atoms with Gasteiger partial charge in [0.2, 0.25) is 0 Å². The molecule has 2 rings (SSSR count). The summed E-state index contributed by atoms with van der Waals surface area (Å²) in [6.07, 6.45) is 0.471. The summed E-state index contributed by atoms with van der Waals surface area (Å²) in [7, 11) is 0. The smallest absolute Gasteiger partial charge is 0.271 e. The third-order valence-electron chi connectivity index (χ3n) is 3.43. The average molecular weight is 367 g/mol. The predicted octanol–water partition coefficient (Wildman–Crippen LogP) is 5.22. The first-order valence-corrected chi connectivity index (χ1v) is 7.79. The van der Waals surface area contributed by atoms with E-state index in [2.05, 4.69) is 15.9 Å². The Hall–Kier alpha value is -1.55. The van der Waals surface area contributed by atoms with Gasteiger partial charge in [-0.25, -0.2) is 8.78 Å². The van der Waals surface area contributed by atoms with Crippen molar-refractivity contribution in [1.29, 1.82) is 0 Å². The lowest BCUT2D eigenvalue weighted by Crippen LogP contribution is -2.11. The summed E-state index contributed by atoms with van der Waals surface area (Å²) in [5.74, 6) is -2.92. The van der Waals surface area contributed by atoms with Crippen molar-refractivity contribution < 1.29 is 13.6 Å². The lowest BCUT2D eigenvalue weighted by atomic mass is 9.99. The van der Waals surface area contributed by atoms with E-state index in [-0.39, 0.29) is 17.8 Å². The predicted molar refractivity (Wildman–Crippen MR) is 87.3 cm³/mol. The van der Waals surface area contributed by atoms with Crippen LogP contribution >= 0.6 is 15.9 Å². The highest BCUT2D eigenvalue weighted by atomic mass is 79.9. The minimum absolute atomic E-state index is 0.0107. The number of Topliss-reactive ketones (excluding diaryl/α,β-unsaturated/α-hetero) is 1. The second kappa shape index (κ2) is 6.69. The van der Waals surface area contributed by atoms with Crippen LogP contribution < -0.4 is 0 Å². The molecule has 1 nitrogen and oxygen atoms in total. The second-order valence-corrected chi connectivity index (χ2v) is 6.43. The van der Waals surface area contributed by atoms with Crippen molar-refractivity contribution in [2.24, 2.45) is 0 Å². The Balaban J connectivity index is 2.10. The fourth-order valence-corrected chi connectivity index (χ4v) is 2.84. The first-order chi connectivity index (χ1) is 10.3. The number of rotatable bonds is 5. The molecule has 0 aliphatic heterocycles. The summed E-state index contributed by atoms with van der Waals surface area (Å²) in [4.78, 5) is 12.1. The van der Waals surface area contributed by atoms with Crippen LogP contribution in [0.15, 0.2) is 46.9 Å². The zero-order chi connectivity index (χ0) is 16.3. The lowest BCUT2D eigenvalue weighted by molar-refractivity contribution is -0.117. The van der Waals surface area contributed by atoms with Gasteiger partial charge >= 0.3 is 0 Å². The topological polar surface area (TPSA) is 17.1 Å². The molecule has 0 radical (unpaired) electrons. The largest absolute Gasteiger partial charge is 0.299 e. The highest BCUT2D eigenvalue weighted by Crippen LogP contribution is 2.33. The van der Waals surface area contributed by atoms with E-state index in [4.69, 9.17) is 0 Å². The third kappa shape index (κ3) is 4.47. The van der Waals surface area contributed by atoms with Crippen LogP contribution in [0.3, 0.4) is 0 Å². The van der Waals surface area contributed by atoms with Crippen molar-refractivity contribution in [3.05, 3.63) is 69.2 Å². The molecule has 0 bridgehead atoms. The zero-order valence-corrected chi connectivity index (χ0v) is 14.1. The SMILES string of the molecule is Cc1ccc(CC(=O)Cc2ccc(Br)c(C(C)(F)F)c2)cc1. The number of carbonyl (C=O) groups excluding carboxylic acids is 1. The summed E-state index contributed by atoms with van der Waals surface area (Å²) in [6.45, 7) is 2.84. The fraction of sp³-hybridized carbons (Fsp3) is 0.278. The molecule has 0 N–H and O–H groups in total. The molecule has 116 valence electrons. The van der Waals surface area contributed by atoms with Gasteiger partial charge < -0.3 is 0 Å². The number of hydrogen-bond acceptors (Lipinski definition) is 1. The van der Waals surface area contributed by atoms with E-state index in [0.717, 1.165) is 18.1 Å². The minimum Gasteiger partial charge on any atom is -0.299 e. The van der Waals surface area contributed by atoms with Crippen LogP contribution in [0.1, 0.15) is 29.2 Å². The van der Waals surface area contributed by atoms with Crippen molar-refractivity contribution in [2.45, 2.75) is 32.6 Å². The summed E-state index contributed by atoms with van der Waals surface area (Å²) in [5.41, 5.74) is 2.60. The van der Waals surface area contributed by atoms with Crippen LogP contribution in [0.2, 0.25) is 0 Å². The summed E-state index contributed by atoms with van der Waals surface area (Å²) < 4.78 is 27.4. The molecule has 4 heteroatoms. The molecule has 0 aromatic heterocycles. The zero-order valence-electron chi connectivity index (χ0n) is 12.5. The number of benzene rings is 2. The van der Waals surface area contributed by atoms with Crippen LogP contribution in [-0.2, 0) is 23.6 Å². The molecular formula is C18H17BrF2O. The second-order valence-electron chi connectivity index (χ2n) is 5.58. The van der Waals surface area contributed by atoms with E-state index in [0.29, 0.717) is 16.5 Å². The van der Waals surface area contributed by atoms with Gasteiger partial charge in [-0.15, -0.1) is 0 Å². The summed E-state index contributed by atoms with van der Waals surface area (Å²) in [6, 6.07) is 12.4. The van der Waals surface area contributed by atoms with Gasteiger partial charge in [-0.2, -0.15) is 0 Å². The lowest BCUT2D eigenvalue weighted by Gasteiger charge is -2.14. The molecule has 0 aliphatic carbocycles. The van der Waals surface area contributed by atoms with Gasteiger partial charge in [0, 0.05) is 29.8 Å². The minimum atomic E-state index is -2.94. The van der Waals surface area contributed by atoms with E-state index < -0.39 is 5.92 Å². The molecule has 2 aromatic rings. The first-order valence-electron chi connectivity index (χ1n) is 6.99. The van der Waals surface area contributed by atoms with E-state index in [1.54, 1.807) is 12.1 Å². The van der Waals surface area contributed by atoms with Crippen molar-refractivity contribution in [3.8, 4) is 0 Å². The van der Waals surface area contributed by atoms with Crippen LogP contribution in [0, 0.1) is 6.92 Å². The maximum absolute atomic E-state index is 13.5. The number of carbonyl (C=O) groups is 1. The van der Waals surface area contributed by atoms with Gasteiger partial charge in [0.1, 0.15) is 5.78 Å². The van der Waals surface area contributed by atoms with Crippen molar-refractivity contribution in [2.75, 3.05) is 0 Å². The molecular weight excluding hydrogens is 350 g/mol. The van der Waals surface area contributed by atoms with Gasteiger partial charge in [0.15, 0.2) is 0 Å². The fourth-order valence-electron chi connectivity index (χ4n) is 2.24. The number of aryl methyl sites for hydroxylation is 1. The molecule has 0 amide bonds. The van der Waals surface area contributed by atoms with Gasteiger partial charge in [-0.05, 0) is 30.2 Å². The Morgan fingerprint density at radius 1 is 1.05 bits per heavy atom. The standard InChI is InChI=1S/C18H17BrF2O/c1-12-3-5-13(6-4-12)9-15(22)10-14-7-8-17(19)16(11-14)18(2,20)21/h3-8,11H,9-10H2,1-2H3. The highest BCUT2D eigenvalue weighted by molar-refractivity contribution is 9.10. The number of halogens is 3. The van der Waals surface area contributed by atoms with Gasteiger partial charge in [-0.3, -0.25) is 4.79 Å². The molecule has 0 saturated heterocycles. The number of hydrogen-bond donors (Lipinski definition) is 0. The van der Waals surface area contributed by atoms with E-state index in [9.17, 15) is 13.6 Å². The Kier molecular flexibility index (Phi) is 5.12. The molecule has 0 aliphatic rings. The van der Waals surface area contributed by atoms with Crippen molar-refractivity contribution in [3.63, 3.8) is 0 Å². The molecule has 0 atom stereocenters. The molecule has 22 heavy (non-hydrogen) atoms. The van der Waals surface area contributed by atoms with Gasteiger partial charge in [0.25, 0.3) is 5.92 Å². The Labute approximate surface area is 137 Å². The Morgan fingerprint density at radius 3 is 2.18 bits per heavy atom. The van der Waals surface area contributed by atoms with Crippen LogP contribution in [0.4, 0.5) is 8.78 Å². The molecule has 0 unspecified atom stereocenters. The van der Waals surface area contributed by atoms with Gasteiger partial charge in [0.05, 0.1) is 0 Å². The Bertz CT molecular complexity index is 672. The van der Waals surface area contributed by atoms with Crippen LogP contribution in [-0.4, -0.2) is 5.78 Å². The van der Waals surface area contributed by atoms with E-state index >= 15 is 0 Å². The summed E-state index contributed by atoms with van der Waals surface area (Å²) >= 11 is 3.13. The van der Waals surface area contributed by atoms with Crippen LogP contribution in [0.25, 0.3) is 0 Å². The Morgan fingerprint density at radius 2 is 1.59 bits per heavy atom. The molecule has 0 spiro atoms. The quantitative estimate of drug-likeness (QED) is 0.708. The van der Waals surface area contributed by atoms with Crippen LogP contribution in [0.5, 0.6) is 0 Å². The highest BCUT2D eigenvalue weighted by Gasteiger charge is 2.27. The van der Waals surface area contributed by atoms with E-state index in [1.807, 2.05) is 31.2 Å². The van der Waals surface area contributed by atoms with Crippen molar-refractivity contribution in [1.82, 2.24) is 0 Å². The third-order valence-corrected chi connectivity index (χ3v) is 4.12. The molecule has 0 heterocycles. The van der Waals surface area contributed by atoms with Crippen molar-refractivity contribution >= 4 is 21.7 Å². The maximum atomic E-state index is 13.5. The maximum Gasteiger partial charge on any atom is 0.271 e. The monoisotopic (exact) mass is 366 g/mol. The normalized spacial score (nSPS) is 11.5. The number of alkyl halides is 2. The molecule has 0 saturated carbocycles. The summed E-state index contributed by atoms with van der Waals surface area (Å²) in [5, 5.41) is 0. The molecule has 2 aromatic carbocycles. The molecule has 0 fully saturated rings. The first kappa shape index (κ1) is 16.8. The van der Waals surface area contributed by atoms with E-state index in [1.165, 1.54) is 6.07 Å².